The van der Waals surface area contributed by atoms with Gasteiger partial charge in [0.05, 0.1) is 10.9 Å². The first-order chi connectivity index (χ1) is 8.87. The van der Waals surface area contributed by atoms with E-state index in [-0.39, 0.29) is 5.25 Å². The summed E-state index contributed by atoms with van der Waals surface area (Å²) in [5, 5.41) is 0.362. The van der Waals surface area contributed by atoms with Crippen molar-refractivity contribution in [2.75, 3.05) is 11.4 Å². The van der Waals surface area contributed by atoms with Crippen LogP contribution >= 0.6 is 11.6 Å². The van der Waals surface area contributed by atoms with E-state index in [0.717, 1.165) is 24.8 Å². The first-order valence-electron chi connectivity index (χ1n) is 6.65. The van der Waals surface area contributed by atoms with E-state index in [4.69, 9.17) is 11.6 Å². The summed E-state index contributed by atoms with van der Waals surface area (Å²) in [5.41, 5.74) is 1.76. The maximum absolute atomic E-state index is 12.4. The third-order valence-electron chi connectivity index (χ3n) is 3.80. The van der Waals surface area contributed by atoms with Gasteiger partial charge in [0.15, 0.2) is 0 Å². The van der Waals surface area contributed by atoms with Crippen LogP contribution in [0.2, 0.25) is 5.02 Å². The minimum atomic E-state index is -3.23. The zero-order chi connectivity index (χ0) is 14.2. The first kappa shape index (κ1) is 14.7. The highest BCUT2D eigenvalue weighted by Crippen LogP contribution is 2.37. The highest BCUT2D eigenvalue weighted by Gasteiger charge is 2.39. The molecule has 1 aliphatic rings. The van der Waals surface area contributed by atoms with Crippen molar-refractivity contribution in [3.05, 3.63) is 28.8 Å². The van der Waals surface area contributed by atoms with Gasteiger partial charge in [-0.25, -0.2) is 8.42 Å². The first-order valence-corrected chi connectivity index (χ1v) is 8.53. The molecule has 0 aromatic heterocycles. The Bertz CT molecular complexity index is 567. The summed E-state index contributed by atoms with van der Waals surface area (Å²) >= 11 is 6.03. The second-order valence-electron chi connectivity index (χ2n) is 5.22. The Labute approximate surface area is 120 Å². The molecule has 1 unspecified atom stereocenters. The van der Waals surface area contributed by atoms with Gasteiger partial charge in [-0.05, 0) is 42.9 Å². The van der Waals surface area contributed by atoms with Gasteiger partial charge in [-0.3, -0.25) is 4.31 Å². The fourth-order valence-electron chi connectivity index (χ4n) is 2.15. The van der Waals surface area contributed by atoms with E-state index >= 15 is 0 Å². The number of nitrogens with zero attached hydrogens (tertiary/aromatic N) is 1. The lowest BCUT2D eigenvalue weighted by atomic mass is 9.97. The van der Waals surface area contributed by atoms with Gasteiger partial charge in [-0.1, -0.05) is 31.5 Å². The van der Waals surface area contributed by atoms with Crippen LogP contribution in [-0.2, 0) is 10.0 Å². The molecule has 0 aliphatic heterocycles. The molecule has 0 radical (unpaired) electrons. The van der Waals surface area contributed by atoms with Crippen LogP contribution in [-0.4, -0.2) is 20.7 Å². The van der Waals surface area contributed by atoms with Gasteiger partial charge in [0, 0.05) is 12.1 Å². The molecule has 19 heavy (non-hydrogen) atoms. The van der Waals surface area contributed by atoms with Crippen molar-refractivity contribution in [1.82, 2.24) is 0 Å². The molecule has 106 valence electrons. The van der Waals surface area contributed by atoms with Crippen molar-refractivity contribution >= 4 is 27.3 Å². The van der Waals surface area contributed by atoms with Crippen LogP contribution < -0.4 is 4.31 Å². The molecule has 0 N–H and O–H groups in total. The average molecular weight is 302 g/mol. The van der Waals surface area contributed by atoms with Crippen molar-refractivity contribution < 1.29 is 8.42 Å². The molecule has 1 aromatic carbocycles. The van der Waals surface area contributed by atoms with Crippen LogP contribution in [0.3, 0.4) is 0 Å². The Kier molecular flexibility index (Phi) is 4.11. The summed E-state index contributed by atoms with van der Waals surface area (Å²) in [7, 11) is -1.59. The molecule has 0 saturated heterocycles. The van der Waals surface area contributed by atoms with Gasteiger partial charge in [0.1, 0.15) is 0 Å². The number of sulfonamides is 1. The van der Waals surface area contributed by atoms with Crippen molar-refractivity contribution in [1.29, 1.82) is 0 Å². The zero-order valence-corrected chi connectivity index (χ0v) is 13.1. The lowest BCUT2D eigenvalue weighted by Crippen LogP contribution is -2.30. The minimum Gasteiger partial charge on any atom is -0.273 e. The average Bonchev–Trinajstić information content (AvgIpc) is 3.21. The Hall–Kier alpha value is -0.740. The van der Waals surface area contributed by atoms with Crippen LogP contribution in [0.15, 0.2) is 18.2 Å². The molecule has 1 fully saturated rings. The second-order valence-corrected chi connectivity index (χ2v) is 7.91. The monoisotopic (exact) mass is 301 g/mol. The predicted molar refractivity (Wildman–Crippen MR) is 80.5 cm³/mol. The molecule has 3 nitrogen and oxygen atoms in total. The number of halogens is 1. The maximum atomic E-state index is 12.4. The van der Waals surface area contributed by atoms with Gasteiger partial charge < -0.3 is 0 Å². The minimum absolute atomic E-state index is 0.207. The van der Waals surface area contributed by atoms with Gasteiger partial charge >= 0.3 is 0 Å². The molecule has 2 rings (SSSR count). The molecule has 0 bridgehead atoms. The van der Waals surface area contributed by atoms with Crippen LogP contribution in [0.1, 0.15) is 44.6 Å². The summed E-state index contributed by atoms with van der Waals surface area (Å²) in [6.45, 7) is 4.20. The van der Waals surface area contributed by atoms with Gasteiger partial charge in [-0.15, -0.1) is 0 Å². The summed E-state index contributed by atoms with van der Waals surface area (Å²) in [5.74, 6) is 0.309. The van der Waals surface area contributed by atoms with E-state index < -0.39 is 10.0 Å². The van der Waals surface area contributed by atoms with Crippen LogP contribution in [0.25, 0.3) is 0 Å². The van der Waals surface area contributed by atoms with Crippen molar-refractivity contribution in [2.45, 2.75) is 44.3 Å². The molecule has 0 heterocycles. The van der Waals surface area contributed by atoms with Crippen LogP contribution in [0.5, 0.6) is 0 Å². The summed E-state index contributed by atoms with van der Waals surface area (Å²) < 4.78 is 26.1. The Balaban J connectivity index is 2.45. The predicted octanol–water partition coefficient (Wildman–Crippen LogP) is 3.78. The molecule has 5 heteroatoms. The number of anilines is 1. The number of benzene rings is 1. The van der Waals surface area contributed by atoms with Gasteiger partial charge in [-0.2, -0.15) is 0 Å². The smallest absolute Gasteiger partial charge is 0.237 e. The largest absolute Gasteiger partial charge is 0.273 e. The SMILES string of the molecule is CCC(C)c1ccc(Cl)cc1N(C)S(=O)(=O)C1CC1. The molecule has 1 aliphatic carbocycles. The molecular formula is C14H20ClNO2S. The molecule has 0 amide bonds. The quantitative estimate of drug-likeness (QED) is 0.830. The number of rotatable bonds is 5. The molecule has 1 aromatic rings. The van der Waals surface area contributed by atoms with E-state index in [1.165, 1.54) is 4.31 Å². The fraction of sp³-hybridized carbons (Fsp3) is 0.571. The molecule has 1 saturated carbocycles. The Morgan fingerprint density at radius 2 is 2.05 bits per heavy atom. The maximum Gasteiger partial charge on any atom is 0.237 e. The summed E-state index contributed by atoms with van der Waals surface area (Å²) in [6.07, 6.45) is 2.50. The van der Waals surface area contributed by atoms with E-state index in [9.17, 15) is 8.42 Å². The lowest BCUT2D eigenvalue weighted by Gasteiger charge is -2.24. The molecular weight excluding hydrogens is 282 g/mol. The fourth-order valence-corrected chi connectivity index (χ4v) is 3.93. The third kappa shape index (κ3) is 2.90. The second kappa shape index (κ2) is 5.33. The zero-order valence-electron chi connectivity index (χ0n) is 11.6. The van der Waals surface area contributed by atoms with Crippen LogP contribution in [0.4, 0.5) is 5.69 Å². The number of hydrogen-bond acceptors (Lipinski definition) is 2. The normalized spacial score (nSPS) is 17.3. The van der Waals surface area contributed by atoms with Crippen molar-refractivity contribution in [3.63, 3.8) is 0 Å². The van der Waals surface area contributed by atoms with Crippen molar-refractivity contribution in [2.24, 2.45) is 0 Å². The highest BCUT2D eigenvalue weighted by molar-refractivity contribution is 7.93. The van der Waals surface area contributed by atoms with E-state index in [0.29, 0.717) is 16.6 Å². The van der Waals surface area contributed by atoms with E-state index in [1.807, 2.05) is 12.1 Å². The number of hydrogen-bond donors (Lipinski definition) is 0. The van der Waals surface area contributed by atoms with Gasteiger partial charge in [0.2, 0.25) is 10.0 Å². The van der Waals surface area contributed by atoms with E-state index in [2.05, 4.69) is 13.8 Å². The Morgan fingerprint density at radius 1 is 1.42 bits per heavy atom. The van der Waals surface area contributed by atoms with E-state index in [1.54, 1.807) is 13.1 Å². The van der Waals surface area contributed by atoms with Crippen LogP contribution in [0, 0.1) is 0 Å². The third-order valence-corrected chi connectivity index (χ3v) is 6.31. The molecule has 1 atom stereocenters. The highest BCUT2D eigenvalue weighted by atomic mass is 35.5. The Morgan fingerprint density at radius 3 is 2.58 bits per heavy atom. The lowest BCUT2D eigenvalue weighted by molar-refractivity contribution is 0.592. The van der Waals surface area contributed by atoms with Crippen molar-refractivity contribution in [3.8, 4) is 0 Å². The molecule has 0 spiro atoms. The topological polar surface area (TPSA) is 37.4 Å². The van der Waals surface area contributed by atoms with Gasteiger partial charge in [0.25, 0.3) is 0 Å². The summed E-state index contributed by atoms with van der Waals surface area (Å²) in [6, 6.07) is 5.51. The summed E-state index contributed by atoms with van der Waals surface area (Å²) in [4.78, 5) is 0. The standard InChI is InChI=1S/C14H20ClNO2S/c1-4-10(2)13-8-5-11(15)9-14(13)16(3)19(17,18)12-6-7-12/h5,8-10,12H,4,6-7H2,1-3H3.